The van der Waals surface area contributed by atoms with E-state index in [4.69, 9.17) is 9.47 Å². The molecular weight excluding hydrogens is 428 g/mol. The number of esters is 2. The van der Waals surface area contributed by atoms with Crippen LogP contribution in [0, 0.1) is 12.8 Å². The molecule has 0 saturated carbocycles. The number of amides is 1. The Morgan fingerprint density at radius 1 is 1.09 bits per heavy atom. The van der Waals surface area contributed by atoms with Crippen LogP contribution in [-0.4, -0.2) is 35.6 Å². The zero-order valence-corrected chi connectivity index (χ0v) is 19.6. The van der Waals surface area contributed by atoms with E-state index < -0.39 is 11.9 Å². The summed E-state index contributed by atoms with van der Waals surface area (Å²) in [5.41, 5.74) is 1.71. The number of thiophene rings is 1. The van der Waals surface area contributed by atoms with Gasteiger partial charge in [0.25, 0.3) is 0 Å². The Labute approximate surface area is 191 Å². The first-order valence-electron chi connectivity index (χ1n) is 10.6. The lowest BCUT2D eigenvalue weighted by Crippen LogP contribution is -2.16. The van der Waals surface area contributed by atoms with E-state index >= 15 is 0 Å². The van der Waals surface area contributed by atoms with Crippen molar-refractivity contribution in [2.45, 2.75) is 40.7 Å². The van der Waals surface area contributed by atoms with Gasteiger partial charge in [-0.3, -0.25) is 4.79 Å². The van der Waals surface area contributed by atoms with Crippen LogP contribution in [0.4, 0.5) is 5.00 Å². The predicted molar refractivity (Wildman–Crippen MR) is 125 cm³/mol. The molecule has 7 nitrogen and oxygen atoms in total. The number of carbonyl (C=O) groups excluding carboxylic acids is 3. The summed E-state index contributed by atoms with van der Waals surface area (Å²) in [4.78, 5) is 38.1. The molecule has 3 rings (SSSR count). The highest BCUT2D eigenvalue weighted by molar-refractivity contribution is 7.18. The number of nitrogens with one attached hydrogen (secondary N) is 1. The van der Waals surface area contributed by atoms with E-state index in [9.17, 15) is 14.4 Å². The summed E-state index contributed by atoms with van der Waals surface area (Å²) in [6.45, 7) is 8.21. The highest BCUT2D eigenvalue weighted by Gasteiger charge is 2.27. The van der Waals surface area contributed by atoms with Gasteiger partial charge >= 0.3 is 11.9 Å². The minimum Gasteiger partial charge on any atom is -0.462 e. The van der Waals surface area contributed by atoms with Gasteiger partial charge in [0.2, 0.25) is 5.91 Å². The summed E-state index contributed by atoms with van der Waals surface area (Å²) in [6, 6.07) is 9.96. The number of hydrogen-bond acceptors (Lipinski definition) is 6. The minimum absolute atomic E-state index is 0.188. The molecule has 0 aliphatic carbocycles. The van der Waals surface area contributed by atoms with Crippen LogP contribution in [0.3, 0.4) is 0 Å². The van der Waals surface area contributed by atoms with Crippen molar-refractivity contribution >= 4 is 45.1 Å². The van der Waals surface area contributed by atoms with E-state index in [0.717, 1.165) is 22.2 Å². The van der Waals surface area contributed by atoms with Crippen LogP contribution >= 0.6 is 11.3 Å². The third kappa shape index (κ3) is 5.37. The summed E-state index contributed by atoms with van der Waals surface area (Å²) in [6.07, 6.45) is 2.16. The van der Waals surface area contributed by atoms with Crippen molar-refractivity contribution in [2.24, 2.45) is 5.92 Å². The first-order chi connectivity index (χ1) is 15.3. The van der Waals surface area contributed by atoms with E-state index in [2.05, 4.69) is 5.32 Å². The zero-order valence-electron chi connectivity index (χ0n) is 18.8. The molecule has 1 amide bonds. The summed E-state index contributed by atoms with van der Waals surface area (Å²) in [5.74, 6) is -1.15. The molecule has 170 valence electrons. The monoisotopic (exact) mass is 456 g/mol. The largest absolute Gasteiger partial charge is 0.462 e. The smallest absolute Gasteiger partial charge is 0.348 e. The second-order valence-corrected chi connectivity index (χ2v) is 8.86. The molecule has 32 heavy (non-hydrogen) atoms. The first kappa shape index (κ1) is 23.5. The average molecular weight is 457 g/mol. The quantitative estimate of drug-likeness (QED) is 0.457. The van der Waals surface area contributed by atoms with Gasteiger partial charge in [0.15, 0.2) is 0 Å². The van der Waals surface area contributed by atoms with Gasteiger partial charge in [-0.15, -0.1) is 11.3 Å². The molecule has 0 fully saturated rings. The maximum Gasteiger partial charge on any atom is 0.348 e. The van der Waals surface area contributed by atoms with E-state index in [1.165, 1.54) is 0 Å². The van der Waals surface area contributed by atoms with Crippen molar-refractivity contribution in [1.29, 1.82) is 0 Å². The van der Waals surface area contributed by atoms with Crippen LogP contribution < -0.4 is 5.32 Å². The van der Waals surface area contributed by atoms with Crippen LogP contribution in [0.25, 0.3) is 10.9 Å². The normalized spacial score (nSPS) is 11.0. The number of carbonyl (C=O) groups is 3. The summed E-state index contributed by atoms with van der Waals surface area (Å²) >= 11 is 1.04. The highest BCUT2D eigenvalue weighted by atomic mass is 32.1. The Kier molecular flexibility index (Phi) is 7.69. The molecular formula is C24H28N2O5S. The van der Waals surface area contributed by atoms with Gasteiger partial charge in [-0.1, -0.05) is 32.0 Å². The van der Waals surface area contributed by atoms with Gasteiger partial charge in [0, 0.05) is 24.7 Å². The molecule has 8 heteroatoms. The predicted octanol–water partition coefficient (Wildman–Crippen LogP) is 5.03. The SMILES string of the molecule is CCOC(=O)c1c(NC(=O)CCn2ccc3ccccc32)sc(C(=O)OCC(C)C)c1C. The summed E-state index contributed by atoms with van der Waals surface area (Å²) in [7, 11) is 0. The number of rotatable bonds is 9. The molecule has 1 aromatic carbocycles. The van der Waals surface area contributed by atoms with Crippen LogP contribution in [0.1, 0.15) is 52.8 Å². The van der Waals surface area contributed by atoms with Gasteiger partial charge in [-0.2, -0.15) is 0 Å². The number of aromatic nitrogens is 1. The number of hydrogen-bond donors (Lipinski definition) is 1. The Bertz CT molecular complexity index is 1130. The minimum atomic E-state index is -0.573. The van der Waals surface area contributed by atoms with E-state index in [1.807, 2.05) is 54.9 Å². The second kappa shape index (κ2) is 10.5. The number of para-hydroxylation sites is 1. The number of fused-ring (bicyclic) bond motifs is 1. The van der Waals surface area contributed by atoms with Gasteiger partial charge in [-0.25, -0.2) is 9.59 Å². The number of anilines is 1. The van der Waals surface area contributed by atoms with E-state index in [1.54, 1.807) is 13.8 Å². The van der Waals surface area contributed by atoms with E-state index in [-0.39, 0.29) is 37.0 Å². The second-order valence-electron chi connectivity index (χ2n) is 7.84. The molecule has 0 aliphatic heterocycles. The molecule has 0 saturated heterocycles. The van der Waals surface area contributed by atoms with Crippen molar-refractivity contribution in [2.75, 3.05) is 18.5 Å². The standard InChI is InChI=1S/C24H28N2O5S/c1-5-30-23(28)20-16(4)21(24(29)31-14-15(2)3)32-22(20)25-19(27)11-13-26-12-10-17-8-6-7-9-18(17)26/h6-10,12,15H,5,11,13-14H2,1-4H3,(H,25,27). The molecule has 3 aromatic rings. The van der Waals surface area contributed by atoms with Crippen LogP contribution in [-0.2, 0) is 20.8 Å². The Morgan fingerprint density at radius 2 is 1.84 bits per heavy atom. The lowest BCUT2D eigenvalue weighted by molar-refractivity contribution is -0.116. The molecule has 0 bridgehead atoms. The van der Waals surface area contributed by atoms with Crippen molar-refractivity contribution in [3.8, 4) is 0 Å². The fourth-order valence-electron chi connectivity index (χ4n) is 3.30. The maximum atomic E-state index is 12.7. The molecule has 1 N–H and O–H groups in total. The molecule has 0 aliphatic rings. The Balaban J connectivity index is 1.77. The van der Waals surface area contributed by atoms with Crippen molar-refractivity contribution < 1.29 is 23.9 Å². The van der Waals surface area contributed by atoms with Crippen LogP contribution in [0.2, 0.25) is 0 Å². The zero-order chi connectivity index (χ0) is 23.3. The molecule has 0 atom stereocenters. The van der Waals surface area contributed by atoms with Gasteiger partial charge in [0.1, 0.15) is 9.88 Å². The van der Waals surface area contributed by atoms with Gasteiger partial charge < -0.3 is 19.4 Å². The molecule has 0 radical (unpaired) electrons. The van der Waals surface area contributed by atoms with Crippen molar-refractivity contribution in [3.63, 3.8) is 0 Å². The molecule has 2 heterocycles. The van der Waals surface area contributed by atoms with Crippen LogP contribution in [0.5, 0.6) is 0 Å². The lowest BCUT2D eigenvalue weighted by Gasteiger charge is -2.08. The highest BCUT2D eigenvalue weighted by Crippen LogP contribution is 2.34. The first-order valence-corrected chi connectivity index (χ1v) is 11.4. The number of nitrogens with zero attached hydrogens (tertiary/aromatic N) is 1. The van der Waals surface area contributed by atoms with Gasteiger partial charge in [-0.05, 0) is 42.8 Å². The van der Waals surface area contributed by atoms with Crippen LogP contribution in [0.15, 0.2) is 36.5 Å². The Morgan fingerprint density at radius 3 is 2.56 bits per heavy atom. The number of ether oxygens (including phenoxy) is 2. The fourth-order valence-corrected chi connectivity index (χ4v) is 4.40. The Hall–Kier alpha value is -3.13. The number of aryl methyl sites for hydroxylation is 1. The molecule has 2 aromatic heterocycles. The fraction of sp³-hybridized carbons (Fsp3) is 0.375. The topological polar surface area (TPSA) is 86.6 Å². The molecule has 0 spiro atoms. The van der Waals surface area contributed by atoms with E-state index in [0.29, 0.717) is 22.0 Å². The third-order valence-electron chi connectivity index (χ3n) is 4.87. The third-order valence-corrected chi connectivity index (χ3v) is 6.06. The average Bonchev–Trinajstić information content (AvgIpc) is 3.31. The maximum absolute atomic E-state index is 12.7. The van der Waals surface area contributed by atoms with Crippen molar-refractivity contribution in [1.82, 2.24) is 4.57 Å². The molecule has 0 unspecified atom stereocenters. The lowest BCUT2D eigenvalue weighted by atomic mass is 10.1. The van der Waals surface area contributed by atoms with Crippen molar-refractivity contribution in [3.05, 3.63) is 52.5 Å². The number of benzene rings is 1. The summed E-state index contributed by atoms with van der Waals surface area (Å²) < 4.78 is 12.5. The van der Waals surface area contributed by atoms with Gasteiger partial charge in [0.05, 0.1) is 18.8 Å². The summed E-state index contributed by atoms with van der Waals surface area (Å²) in [5, 5.41) is 4.21.